The number of aliphatic hydroxyl groups is 1. The van der Waals surface area contributed by atoms with Crippen LogP contribution in [0.5, 0.6) is 0 Å². The van der Waals surface area contributed by atoms with E-state index in [1.54, 1.807) is 18.0 Å². The number of ether oxygens (including phenoxy) is 3. The number of nitrogens with zero attached hydrogens (tertiary/aromatic N) is 5. The van der Waals surface area contributed by atoms with Crippen molar-refractivity contribution in [3.05, 3.63) is 12.7 Å². The van der Waals surface area contributed by atoms with Crippen molar-refractivity contribution in [2.24, 2.45) is 0 Å². The highest BCUT2D eigenvalue weighted by molar-refractivity contribution is 5.81. The molecule has 10 heteroatoms. The normalized spacial score (nSPS) is 23.8. The summed E-state index contributed by atoms with van der Waals surface area (Å²) in [6.07, 6.45) is 1.85. The first-order chi connectivity index (χ1) is 12.4. The van der Waals surface area contributed by atoms with Crippen LogP contribution in [-0.4, -0.2) is 81.4 Å². The maximum Gasteiger partial charge on any atom is 0.169 e. The van der Waals surface area contributed by atoms with Gasteiger partial charge in [-0.25, -0.2) is 15.0 Å². The molecule has 10 nitrogen and oxygen atoms in total. The SMILES string of the molecule is CO[C@H](CN(C)CCO)[C@H]1OC(C)(C)O[C@H]1n1cnc2c(N)ncnc21. The zero-order valence-electron chi connectivity index (χ0n) is 15.5. The third-order valence-electron chi connectivity index (χ3n) is 4.41. The third kappa shape index (κ3) is 3.64. The van der Waals surface area contributed by atoms with Gasteiger partial charge in [-0.15, -0.1) is 0 Å². The van der Waals surface area contributed by atoms with E-state index in [2.05, 4.69) is 15.0 Å². The summed E-state index contributed by atoms with van der Waals surface area (Å²) in [4.78, 5) is 14.6. The highest BCUT2D eigenvalue weighted by Gasteiger charge is 2.47. The Balaban J connectivity index is 1.93. The van der Waals surface area contributed by atoms with Crippen LogP contribution in [0.2, 0.25) is 0 Å². The Labute approximate surface area is 151 Å². The summed E-state index contributed by atoms with van der Waals surface area (Å²) in [7, 11) is 3.55. The van der Waals surface area contributed by atoms with Crippen LogP contribution in [-0.2, 0) is 14.2 Å². The van der Waals surface area contributed by atoms with Gasteiger partial charge in [-0.3, -0.25) is 4.57 Å². The fourth-order valence-corrected chi connectivity index (χ4v) is 3.18. The number of hydrogen-bond donors (Lipinski definition) is 2. The average Bonchev–Trinajstić information content (AvgIpc) is 3.14. The molecular formula is C16H26N6O4. The molecule has 0 spiro atoms. The van der Waals surface area contributed by atoms with E-state index in [9.17, 15) is 0 Å². The summed E-state index contributed by atoms with van der Waals surface area (Å²) < 4.78 is 19.8. The van der Waals surface area contributed by atoms with E-state index in [-0.39, 0.29) is 12.7 Å². The summed E-state index contributed by atoms with van der Waals surface area (Å²) in [5.74, 6) is -0.481. The van der Waals surface area contributed by atoms with E-state index < -0.39 is 18.1 Å². The molecule has 1 saturated heterocycles. The predicted octanol–water partition coefficient (Wildman–Crippen LogP) is -0.00230. The number of likely N-dealkylation sites (N-methyl/N-ethyl adjacent to an activating group) is 1. The van der Waals surface area contributed by atoms with Crippen LogP contribution in [0.1, 0.15) is 20.1 Å². The van der Waals surface area contributed by atoms with Crippen LogP contribution < -0.4 is 5.73 Å². The van der Waals surface area contributed by atoms with Crippen molar-refractivity contribution in [2.75, 3.05) is 39.6 Å². The molecule has 0 aromatic carbocycles. The number of aliphatic hydroxyl groups excluding tert-OH is 1. The van der Waals surface area contributed by atoms with Gasteiger partial charge in [-0.1, -0.05) is 0 Å². The van der Waals surface area contributed by atoms with Crippen LogP contribution in [0.4, 0.5) is 5.82 Å². The van der Waals surface area contributed by atoms with Gasteiger partial charge < -0.3 is 30.0 Å². The Morgan fingerprint density at radius 1 is 1.38 bits per heavy atom. The third-order valence-corrected chi connectivity index (χ3v) is 4.41. The quantitative estimate of drug-likeness (QED) is 0.697. The molecule has 0 radical (unpaired) electrons. The molecule has 0 aliphatic carbocycles. The molecule has 1 aliphatic heterocycles. The van der Waals surface area contributed by atoms with E-state index >= 15 is 0 Å². The fourth-order valence-electron chi connectivity index (χ4n) is 3.18. The Kier molecular flexibility index (Phi) is 5.39. The van der Waals surface area contributed by atoms with E-state index in [1.807, 2.05) is 25.8 Å². The zero-order valence-corrected chi connectivity index (χ0v) is 15.5. The molecule has 0 bridgehead atoms. The van der Waals surface area contributed by atoms with E-state index in [0.29, 0.717) is 30.1 Å². The minimum atomic E-state index is -0.795. The largest absolute Gasteiger partial charge is 0.395 e. The molecule has 2 aromatic rings. The highest BCUT2D eigenvalue weighted by Crippen LogP contribution is 2.38. The van der Waals surface area contributed by atoms with Gasteiger partial charge in [-0.05, 0) is 20.9 Å². The lowest BCUT2D eigenvalue weighted by molar-refractivity contribution is -0.161. The number of aromatic nitrogens is 4. The Hall–Kier alpha value is -1.85. The summed E-state index contributed by atoms with van der Waals surface area (Å²) in [6, 6.07) is 0. The lowest BCUT2D eigenvalue weighted by atomic mass is 10.1. The van der Waals surface area contributed by atoms with Gasteiger partial charge in [0, 0.05) is 20.2 Å². The maximum atomic E-state index is 9.14. The Bertz CT molecular complexity index is 751. The lowest BCUT2D eigenvalue weighted by Crippen LogP contribution is -2.43. The molecule has 0 amide bonds. The minimum Gasteiger partial charge on any atom is -0.395 e. The standard InChI is InChI=1S/C16H26N6O4/c1-16(2)25-12(10(24-4)7-21(3)5-6-23)15(26-16)22-9-20-11-13(17)18-8-19-14(11)22/h8-10,12,15,23H,5-7H2,1-4H3,(H2,17,18,19)/t10-,12-,15-/m1/s1. The molecule has 3 atom stereocenters. The van der Waals surface area contributed by atoms with Gasteiger partial charge in [0.2, 0.25) is 0 Å². The second kappa shape index (κ2) is 7.41. The second-order valence-electron chi connectivity index (χ2n) is 6.83. The summed E-state index contributed by atoms with van der Waals surface area (Å²) in [5.41, 5.74) is 6.98. The van der Waals surface area contributed by atoms with Crippen LogP contribution in [0, 0.1) is 0 Å². The fraction of sp³-hybridized carbons (Fsp3) is 0.688. The summed E-state index contributed by atoms with van der Waals surface area (Å²) >= 11 is 0. The first-order valence-corrected chi connectivity index (χ1v) is 8.47. The lowest BCUT2D eigenvalue weighted by Gasteiger charge is -2.29. The van der Waals surface area contributed by atoms with Gasteiger partial charge in [-0.2, -0.15) is 0 Å². The number of fused-ring (bicyclic) bond motifs is 1. The smallest absolute Gasteiger partial charge is 0.169 e. The average molecular weight is 366 g/mol. The van der Waals surface area contributed by atoms with Gasteiger partial charge in [0.15, 0.2) is 23.5 Å². The van der Waals surface area contributed by atoms with E-state index in [1.165, 1.54) is 6.33 Å². The van der Waals surface area contributed by atoms with Crippen molar-refractivity contribution >= 4 is 17.0 Å². The Morgan fingerprint density at radius 2 is 2.15 bits per heavy atom. The van der Waals surface area contributed by atoms with Crippen molar-refractivity contribution in [1.82, 2.24) is 24.4 Å². The molecular weight excluding hydrogens is 340 g/mol. The molecule has 0 saturated carbocycles. The highest BCUT2D eigenvalue weighted by atomic mass is 16.8. The van der Waals surface area contributed by atoms with Gasteiger partial charge in [0.1, 0.15) is 24.1 Å². The van der Waals surface area contributed by atoms with Crippen LogP contribution in [0.15, 0.2) is 12.7 Å². The number of imidazole rings is 1. The summed E-state index contributed by atoms with van der Waals surface area (Å²) in [6.45, 7) is 4.89. The number of rotatable bonds is 7. The molecule has 26 heavy (non-hydrogen) atoms. The van der Waals surface area contributed by atoms with Gasteiger partial charge in [0.05, 0.1) is 12.9 Å². The number of hydrogen-bond acceptors (Lipinski definition) is 9. The molecule has 3 rings (SSSR count). The molecule has 1 aliphatic rings. The minimum absolute atomic E-state index is 0.0756. The topological polar surface area (TPSA) is 121 Å². The molecule has 2 aromatic heterocycles. The van der Waals surface area contributed by atoms with E-state index in [4.69, 9.17) is 25.1 Å². The van der Waals surface area contributed by atoms with Crippen molar-refractivity contribution in [2.45, 2.75) is 38.1 Å². The Morgan fingerprint density at radius 3 is 2.85 bits per heavy atom. The first kappa shape index (κ1) is 18.9. The second-order valence-corrected chi connectivity index (χ2v) is 6.83. The molecule has 3 N–H and O–H groups in total. The summed E-state index contributed by atoms with van der Waals surface area (Å²) in [5, 5.41) is 9.14. The number of nitrogens with two attached hydrogens (primary N) is 1. The van der Waals surface area contributed by atoms with Crippen molar-refractivity contribution in [3.8, 4) is 0 Å². The van der Waals surface area contributed by atoms with Crippen molar-refractivity contribution < 1.29 is 19.3 Å². The number of anilines is 1. The van der Waals surface area contributed by atoms with Gasteiger partial charge in [0.25, 0.3) is 0 Å². The molecule has 3 heterocycles. The molecule has 144 valence electrons. The van der Waals surface area contributed by atoms with Crippen molar-refractivity contribution in [3.63, 3.8) is 0 Å². The van der Waals surface area contributed by atoms with Gasteiger partial charge >= 0.3 is 0 Å². The first-order valence-electron chi connectivity index (χ1n) is 8.47. The number of methoxy groups -OCH3 is 1. The maximum absolute atomic E-state index is 9.14. The predicted molar refractivity (Wildman–Crippen MR) is 94.2 cm³/mol. The molecule has 0 unspecified atom stereocenters. The van der Waals surface area contributed by atoms with Crippen molar-refractivity contribution in [1.29, 1.82) is 0 Å². The van der Waals surface area contributed by atoms with Crippen LogP contribution in [0.3, 0.4) is 0 Å². The zero-order chi connectivity index (χ0) is 18.9. The number of nitrogen functional groups attached to an aromatic ring is 1. The monoisotopic (exact) mass is 366 g/mol. The van der Waals surface area contributed by atoms with Crippen LogP contribution in [0.25, 0.3) is 11.2 Å². The van der Waals surface area contributed by atoms with Crippen LogP contribution >= 0.6 is 0 Å². The molecule has 1 fully saturated rings. The van der Waals surface area contributed by atoms with E-state index in [0.717, 1.165) is 0 Å².